The SMILES string of the molecule is C=CCO[C@@]12Oc3ccc(OCc4ccccc4F)cc3[C@H]3[C@H](CCCCO)[C@@H](CCCCO)C=C(C(=NOCc4ccc([N+](=O)[O-])cc4)C[C@@H]1N(Cc1ccc(F)cc1)C(=O)c1ccc(C#N)cc1)[C@H]32. The van der Waals surface area contributed by atoms with E-state index in [2.05, 4.69) is 18.7 Å². The van der Waals surface area contributed by atoms with Gasteiger partial charge in [-0.15, -0.1) is 6.58 Å². The Hall–Kier alpha value is -7.25. The number of allylic oxidation sites excluding steroid dienone is 1. The van der Waals surface area contributed by atoms with E-state index in [-0.39, 0.29) is 69.1 Å². The summed E-state index contributed by atoms with van der Waals surface area (Å²) in [5.74, 6) is -3.31. The molecule has 8 rings (SSSR count). The van der Waals surface area contributed by atoms with Gasteiger partial charge in [0.2, 0.25) is 5.79 Å². The number of carbonyl (C=O) groups excluding carboxylic acids is 1. The van der Waals surface area contributed by atoms with Crippen molar-refractivity contribution in [3.63, 3.8) is 0 Å². The van der Waals surface area contributed by atoms with Crippen LogP contribution in [0.1, 0.15) is 89.0 Å². The Kier molecular flexibility index (Phi) is 16.3. The zero-order valence-corrected chi connectivity index (χ0v) is 39.2. The normalized spacial score (nSPS) is 21.4. The van der Waals surface area contributed by atoms with Crippen LogP contribution in [0, 0.1) is 50.8 Å². The third-order valence-electron chi connectivity index (χ3n) is 13.7. The number of nitro benzene ring substituents is 1. The molecule has 1 aliphatic heterocycles. The lowest BCUT2D eigenvalue weighted by Crippen LogP contribution is -2.70. The molecule has 2 N–H and O–H groups in total. The fraction of sp³-hybridized carbons (Fsp3) is 0.339. The highest BCUT2D eigenvalue weighted by Gasteiger charge is 2.65. The third-order valence-corrected chi connectivity index (χ3v) is 13.7. The van der Waals surface area contributed by atoms with Gasteiger partial charge >= 0.3 is 0 Å². The Morgan fingerprint density at radius 3 is 2.34 bits per heavy atom. The van der Waals surface area contributed by atoms with Crippen molar-refractivity contribution in [3.05, 3.63) is 195 Å². The zero-order chi connectivity index (χ0) is 49.9. The molecule has 1 amide bonds. The fourth-order valence-corrected chi connectivity index (χ4v) is 10.4. The number of halogens is 2. The van der Waals surface area contributed by atoms with Gasteiger partial charge in [0, 0.05) is 60.9 Å². The molecule has 2 aliphatic carbocycles. The van der Waals surface area contributed by atoms with E-state index in [0.717, 1.165) is 11.1 Å². The van der Waals surface area contributed by atoms with Gasteiger partial charge in [0.1, 0.15) is 42.4 Å². The van der Waals surface area contributed by atoms with E-state index in [1.807, 2.05) is 12.1 Å². The Morgan fingerprint density at radius 1 is 0.930 bits per heavy atom. The van der Waals surface area contributed by atoms with Crippen molar-refractivity contribution < 1.29 is 47.8 Å². The van der Waals surface area contributed by atoms with Crippen LogP contribution in [0.4, 0.5) is 14.5 Å². The first-order valence-corrected chi connectivity index (χ1v) is 23.9. The number of nitriles is 1. The summed E-state index contributed by atoms with van der Waals surface area (Å²) >= 11 is 0. The summed E-state index contributed by atoms with van der Waals surface area (Å²) in [6.07, 6.45) is 7.75. The van der Waals surface area contributed by atoms with Gasteiger partial charge in [0.05, 0.1) is 34.8 Å². The molecule has 6 atom stereocenters. The number of oxime groups is 1. The lowest BCUT2D eigenvalue weighted by Gasteiger charge is -2.60. The summed E-state index contributed by atoms with van der Waals surface area (Å²) in [4.78, 5) is 34.2. The fourth-order valence-electron chi connectivity index (χ4n) is 10.4. The van der Waals surface area contributed by atoms with Gasteiger partial charge in [-0.25, -0.2) is 8.78 Å². The van der Waals surface area contributed by atoms with Crippen molar-refractivity contribution in [2.24, 2.45) is 22.9 Å². The van der Waals surface area contributed by atoms with Gasteiger partial charge in [-0.2, -0.15) is 5.26 Å². The highest BCUT2D eigenvalue weighted by molar-refractivity contribution is 6.03. The van der Waals surface area contributed by atoms with Gasteiger partial charge in [-0.05, 0) is 127 Å². The van der Waals surface area contributed by atoms with Crippen molar-refractivity contribution in [2.75, 3.05) is 19.8 Å². The first kappa shape index (κ1) is 50.1. The number of nitro groups is 1. The highest BCUT2D eigenvalue weighted by atomic mass is 19.1. The summed E-state index contributed by atoms with van der Waals surface area (Å²) < 4.78 is 50.2. The summed E-state index contributed by atoms with van der Waals surface area (Å²) in [6, 6.07) is 31.2. The molecular formula is C56H56F2N4O9. The van der Waals surface area contributed by atoms with Crippen LogP contribution in [-0.2, 0) is 29.3 Å². The van der Waals surface area contributed by atoms with Crippen LogP contribution in [0.2, 0.25) is 0 Å². The number of hydrogen-bond acceptors (Lipinski definition) is 11. The van der Waals surface area contributed by atoms with Crippen LogP contribution in [0.5, 0.6) is 11.5 Å². The largest absolute Gasteiger partial charge is 0.489 e. The second-order valence-electron chi connectivity index (χ2n) is 18.1. The summed E-state index contributed by atoms with van der Waals surface area (Å²) in [5, 5.41) is 46.0. The van der Waals surface area contributed by atoms with Crippen LogP contribution in [0.25, 0.3) is 0 Å². The maximum atomic E-state index is 15.4. The van der Waals surface area contributed by atoms with Crippen molar-refractivity contribution in [3.8, 4) is 17.6 Å². The molecule has 0 saturated heterocycles. The highest BCUT2D eigenvalue weighted by Crippen LogP contribution is 2.62. The Balaban J connectivity index is 1.34. The molecule has 0 radical (unpaired) electrons. The average molecular weight is 967 g/mol. The number of benzene rings is 5. The van der Waals surface area contributed by atoms with E-state index in [9.17, 15) is 34.4 Å². The van der Waals surface area contributed by atoms with Crippen LogP contribution < -0.4 is 9.47 Å². The Morgan fingerprint density at radius 2 is 1.65 bits per heavy atom. The van der Waals surface area contributed by atoms with Gasteiger partial charge in [-0.1, -0.05) is 60.5 Å². The van der Waals surface area contributed by atoms with Crippen molar-refractivity contribution >= 4 is 17.3 Å². The predicted octanol–water partition coefficient (Wildman–Crippen LogP) is 10.5. The van der Waals surface area contributed by atoms with E-state index in [0.29, 0.717) is 78.0 Å². The molecule has 368 valence electrons. The number of non-ortho nitro benzene ring substituents is 1. The number of amides is 1. The number of ether oxygens (including phenoxy) is 3. The van der Waals surface area contributed by atoms with Crippen molar-refractivity contribution in [2.45, 2.75) is 82.5 Å². The van der Waals surface area contributed by atoms with Gasteiger partial charge < -0.3 is 34.2 Å². The maximum Gasteiger partial charge on any atom is 0.269 e. The molecule has 1 saturated carbocycles. The number of aliphatic hydroxyl groups excluding tert-OH is 2. The Bertz CT molecular complexity index is 2780. The molecule has 71 heavy (non-hydrogen) atoms. The molecule has 5 aromatic rings. The standard InChI is InChI=1S/C56H56F2N4O9/c1-2-29-69-56-52(61(34-38-15-21-43(57)22-16-38)55(65)40-19-13-37(33-59)14-20-40)32-50(60-70-35-39-17-23-44(24-18-39)62(66)67)47-30-41(9-5-7-27-63)46(11-6-8-28-64)53(54(47)56)48-31-45(25-26-51(48)71-56)68-36-42-10-3-4-12-49(42)58/h2-4,10,12-26,30-31,41,46,52-54,63-64H,1,5-9,11,27-29,32,34-36H2/t41-,46+,52-,53+,54+,56+/m0/s1. The minimum absolute atomic E-state index is 0.000158. The van der Waals surface area contributed by atoms with E-state index in [1.165, 1.54) is 30.3 Å². The van der Waals surface area contributed by atoms with E-state index >= 15 is 4.79 Å². The zero-order valence-electron chi connectivity index (χ0n) is 39.2. The molecule has 1 fully saturated rings. The molecule has 1 heterocycles. The Labute approximate surface area is 411 Å². The van der Waals surface area contributed by atoms with Crippen molar-refractivity contribution in [1.29, 1.82) is 5.26 Å². The number of aliphatic hydroxyl groups is 2. The second-order valence-corrected chi connectivity index (χ2v) is 18.1. The van der Waals surface area contributed by atoms with E-state index in [1.54, 1.807) is 83.8 Å². The lowest BCUT2D eigenvalue weighted by molar-refractivity contribution is -0.384. The first-order chi connectivity index (χ1) is 34.6. The number of fused-ring (bicyclic) bond motifs is 2. The topological polar surface area (TPSA) is 177 Å². The summed E-state index contributed by atoms with van der Waals surface area (Å²) in [6.45, 7) is 3.92. The summed E-state index contributed by atoms with van der Waals surface area (Å²) in [5.41, 5.74) is 4.24. The average Bonchev–Trinajstić information content (AvgIpc) is 3.39. The number of unbranched alkanes of at least 4 members (excludes halogenated alkanes) is 2. The third kappa shape index (κ3) is 11.2. The maximum absolute atomic E-state index is 15.4. The first-order valence-electron chi connectivity index (χ1n) is 23.9. The minimum atomic E-state index is -1.65. The van der Waals surface area contributed by atoms with Crippen molar-refractivity contribution in [1.82, 2.24) is 4.90 Å². The summed E-state index contributed by atoms with van der Waals surface area (Å²) in [7, 11) is 0. The van der Waals surface area contributed by atoms with Crippen LogP contribution in [-0.4, -0.2) is 63.3 Å². The molecule has 0 bridgehead atoms. The van der Waals surface area contributed by atoms with E-state index in [4.69, 9.17) is 24.2 Å². The number of rotatable bonds is 22. The number of carbonyl (C=O) groups is 1. The molecule has 0 spiro atoms. The molecule has 13 nitrogen and oxygen atoms in total. The molecular weight excluding hydrogens is 911 g/mol. The van der Waals surface area contributed by atoms with E-state index < -0.39 is 46.1 Å². The number of nitrogens with zero attached hydrogens (tertiary/aromatic N) is 4. The van der Waals surface area contributed by atoms with Crippen LogP contribution in [0.15, 0.2) is 145 Å². The van der Waals surface area contributed by atoms with Crippen LogP contribution in [0.3, 0.4) is 0 Å². The predicted molar refractivity (Wildman–Crippen MR) is 261 cm³/mol. The second kappa shape index (κ2) is 23.1. The molecule has 3 aliphatic rings. The monoisotopic (exact) mass is 966 g/mol. The smallest absolute Gasteiger partial charge is 0.269 e. The van der Waals surface area contributed by atoms with Gasteiger partial charge in [-0.3, -0.25) is 14.9 Å². The molecule has 0 aromatic heterocycles. The molecule has 5 aromatic carbocycles. The van der Waals surface area contributed by atoms with Crippen LogP contribution >= 0.6 is 0 Å². The number of hydrogen-bond donors (Lipinski definition) is 2. The quantitative estimate of drug-likeness (QED) is 0.0294. The molecule has 15 heteroatoms. The lowest BCUT2D eigenvalue weighted by atomic mass is 9.55. The molecule has 0 unspecified atom stereocenters. The minimum Gasteiger partial charge on any atom is -0.489 e. The van der Waals surface area contributed by atoms with Gasteiger partial charge in [0.15, 0.2) is 0 Å². The van der Waals surface area contributed by atoms with Gasteiger partial charge in [0.25, 0.3) is 11.6 Å².